The molecular weight excluding hydrogens is 286 g/mol. The van der Waals surface area contributed by atoms with Gasteiger partial charge in [0.15, 0.2) is 0 Å². The summed E-state index contributed by atoms with van der Waals surface area (Å²) in [6.45, 7) is 5.88. The maximum atomic E-state index is 12.2. The van der Waals surface area contributed by atoms with E-state index in [-0.39, 0.29) is 12.1 Å². The van der Waals surface area contributed by atoms with Gasteiger partial charge in [-0.15, -0.1) is 10.2 Å². The average molecular weight is 305 g/mol. The first-order valence-electron chi connectivity index (χ1n) is 6.71. The number of aromatic nitrogens is 3. The SMILES string of the molecule is Cc1nnc(NC(=O)N(C)C(C)Cc2ncccc2C)s1. The van der Waals surface area contributed by atoms with Crippen LogP contribution >= 0.6 is 11.3 Å². The number of hydrogen-bond acceptors (Lipinski definition) is 5. The average Bonchev–Trinajstić information content (AvgIpc) is 2.85. The lowest BCUT2D eigenvalue weighted by Gasteiger charge is -2.24. The summed E-state index contributed by atoms with van der Waals surface area (Å²) in [6.07, 6.45) is 2.49. The summed E-state index contributed by atoms with van der Waals surface area (Å²) in [5.41, 5.74) is 2.15. The number of amides is 2. The first-order valence-corrected chi connectivity index (χ1v) is 7.53. The largest absolute Gasteiger partial charge is 0.324 e. The van der Waals surface area contributed by atoms with E-state index in [4.69, 9.17) is 0 Å². The number of rotatable bonds is 4. The Morgan fingerprint density at radius 2 is 2.19 bits per heavy atom. The summed E-state index contributed by atoms with van der Waals surface area (Å²) in [4.78, 5) is 18.2. The van der Waals surface area contributed by atoms with E-state index in [1.165, 1.54) is 11.3 Å². The number of hydrogen-bond donors (Lipinski definition) is 1. The Bertz CT molecular complexity index is 627. The Morgan fingerprint density at radius 3 is 2.81 bits per heavy atom. The Morgan fingerprint density at radius 1 is 1.43 bits per heavy atom. The molecule has 2 heterocycles. The predicted molar refractivity (Wildman–Crippen MR) is 83.6 cm³/mol. The van der Waals surface area contributed by atoms with Gasteiger partial charge < -0.3 is 4.90 Å². The number of carbonyl (C=O) groups is 1. The normalized spacial score (nSPS) is 12.0. The molecule has 0 bridgehead atoms. The fraction of sp³-hybridized carbons (Fsp3) is 0.429. The number of carbonyl (C=O) groups excluding carboxylic acids is 1. The van der Waals surface area contributed by atoms with Crippen molar-refractivity contribution in [1.29, 1.82) is 0 Å². The molecule has 1 N–H and O–H groups in total. The molecule has 0 aromatic carbocycles. The van der Waals surface area contributed by atoms with Crippen molar-refractivity contribution in [2.24, 2.45) is 0 Å². The number of aryl methyl sites for hydroxylation is 2. The second kappa shape index (κ2) is 6.62. The molecule has 0 fully saturated rings. The molecule has 112 valence electrons. The molecule has 21 heavy (non-hydrogen) atoms. The van der Waals surface area contributed by atoms with Crippen LogP contribution in [0.5, 0.6) is 0 Å². The highest BCUT2D eigenvalue weighted by atomic mass is 32.1. The van der Waals surface area contributed by atoms with E-state index in [1.807, 2.05) is 32.9 Å². The Balaban J connectivity index is 1.97. The lowest BCUT2D eigenvalue weighted by molar-refractivity contribution is 0.207. The van der Waals surface area contributed by atoms with Crippen molar-refractivity contribution in [2.75, 3.05) is 12.4 Å². The quantitative estimate of drug-likeness (QED) is 0.942. The van der Waals surface area contributed by atoms with Gasteiger partial charge in [0.1, 0.15) is 5.01 Å². The third-order valence-electron chi connectivity index (χ3n) is 3.33. The van der Waals surface area contributed by atoms with E-state index < -0.39 is 0 Å². The second-order valence-electron chi connectivity index (χ2n) is 4.99. The third kappa shape index (κ3) is 3.98. The van der Waals surface area contributed by atoms with Crippen LogP contribution in [0.4, 0.5) is 9.93 Å². The van der Waals surface area contributed by atoms with Crippen molar-refractivity contribution in [1.82, 2.24) is 20.1 Å². The monoisotopic (exact) mass is 305 g/mol. The van der Waals surface area contributed by atoms with Crippen LogP contribution in [0.1, 0.15) is 23.2 Å². The molecule has 1 unspecified atom stereocenters. The lowest BCUT2D eigenvalue weighted by Crippen LogP contribution is -2.39. The molecule has 1 atom stereocenters. The maximum Gasteiger partial charge on any atom is 0.323 e. The zero-order valence-electron chi connectivity index (χ0n) is 12.6. The predicted octanol–water partition coefficient (Wildman–Crippen LogP) is 2.64. The van der Waals surface area contributed by atoms with Gasteiger partial charge in [-0.25, -0.2) is 4.79 Å². The lowest BCUT2D eigenvalue weighted by atomic mass is 10.1. The molecule has 0 aliphatic carbocycles. The van der Waals surface area contributed by atoms with Gasteiger partial charge in [0.2, 0.25) is 5.13 Å². The number of urea groups is 1. The van der Waals surface area contributed by atoms with Crippen LogP contribution in [0.2, 0.25) is 0 Å². The molecule has 0 radical (unpaired) electrons. The molecule has 2 aromatic rings. The van der Waals surface area contributed by atoms with Gasteiger partial charge >= 0.3 is 6.03 Å². The van der Waals surface area contributed by atoms with Crippen molar-refractivity contribution in [2.45, 2.75) is 33.2 Å². The zero-order chi connectivity index (χ0) is 15.4. The minimum absolute atomic E-state index is 0.0348. The van der Waals surface area contributed by atoms with E-state index >= 15 is 0 Å². The summed E-state index contributed by atoms with van der Waals surface area (Å²) in [7, 11) is 1.77. The van der Waals surface area contributed by atoms with Gasteiger partial charge in [0, 0.05) is 31.4 Å². The highest BCUT2D eigenvalue weighted by Gasteiger charge is 2.18. The van der Waals surface area contributed by atoms with E-state index in [0.717, 1.165) is 16.3 Å². The van der Waals surface area contributed by atoms with Crippen molar-refractivity contribution < 1.29 is 4.79 Å². The number of nitrogens with one attached hydrogen (secondary N) is 1. The fourth-order valence-corrected chi connectivity index (χ4v) is 2.46. The topological polar surface area (TPSA) is 71.0 Å². The summed E-state index contributed by atoms with van der Waals surface area (Å²) in [5, 5.41) is 11.9. The standard InChI is InChI=1S/C14H19N5OS/c1-9-6-5-7-15-12(9)8-10(2)19(4)14(20)16-13-18-17-11(3)21-13/h5-7,10H,8H2,1-4H3,(H,16,18,20). The highest BCUT2D eigenvalue weighted by molar-refractivity contribution is 7.15. The first kappa shape index (κ1) is 15.4. The zero-order valence-corrected chi connectivity index (χ0v) is 13.4. The number of nitrogens with zero attached hydrogens (tertiary/aromatic N) is 4. The molecule has 0 aliphatic heterocycles. The Kier molecular flexibility index (Phi) is 4.85. The van der Waals surface area contributed by atoms with Crippen LogP contribution in [-0.2, 0) is 6.42 Å². The minimum atomic E-state index is -0.188. The van der Waals surface area contributed by atoms with Crippen molar-refractivity contribution in [3.8, 4) is 0 Å². The van der Waals surface area contributed by atoms with Gasteiger partial charge in [0.05, 0.1) is 0 Å². The van der Waals surface area contributed by atoms with Crippen molar-refractivity contribution in [3.05, 3.63) is 34.6 Å². The molecule has 7 heteroatoms. The van der Waals surface area contributed by atoms with Crippen LogP contribution in [0.25, 0.3) is 0 Å². The summed E-state index contributed by atoms with van der Waals surface area (Å²) in [5.74, 6) is 0. The molecule has 6 nitrogen and oxygen atoms in total. The number of pyridine rings is 1. The summed E-state index contributed by atoms with van der Waals surface area (Å²) >= 11 is 1.36. The molecule has 0 saturated heterocycles. The van der Waals surface area contributed by atoms with Crippen LogP contribution < -0.4 is 5.32 Å². The van der Waals surface area contributed by atoms with E-state index in [0.29, 0.717) is 11.6 Å². The third-order valence-corrected chi connectivity index (χ3v) is 4.08. The molecule has 0 aliphatic rings. The van der Waals surface area contributed by atoms with Crippen molar-refractivity contribution in [3.63, 3.8) is 0 Å². The minimum Gasteiger partial charge on any atom is -0.324 e. The Labute approximate surface area is 128 Å². The van der Waals surface area contributed by atoms with Gasteiger partial charge in [-0.2, -0.15) is 0 Å². The van der Waals surface area contributed by atoms with E-state index in [9.17, 15) is 4.79 Å². The van der Waals surface area contributed by atoms with Gasteiger partial charge in [0.25, 0.3) is 0 Å². The second-order valence-corrected chi connectivity index (χ2v) is 6.17. The molecule has 2 amide bonds. The number of likely N-dealkylation sites (N-methyl/N-ethyl adjacent to an activating group) is 1. The number of anilines is 1. The maximum absolute atomic E-state index is 12.2. The first-order chi connectivity index (χ1) is 9.97. The van der Waals surface area contributed by atoms with Crippen molar-refractivity contribution >= 4 is 22.5 Å². The smallest absolute Gasteiger partial charge is 0.323 e. The molecule has 0 saturated carbocycles. The fourth-order valence-electron chi connectivity index (χ4n) is 1.88. The van der Waals surface area contributed by atoms with Gasteiger partial charge in [-0.3, -0.25) is 10.3 Å². The van der Waals surface area contributed by atoms with Crippen LogP contribution in [-0.4, -0.2) is 39.2 Å². The molecule has 2 aromatic heterocycles. The van der Waals surface area contributed by atoms with Crippen LogP contribution in [0.15, 0.2) is 18.3 Å². The molecule has 2 rings (SSSR count). The molecular formula is C14H19N5OS. The van der Waals surface area contributed by atoms with E-state index in [1.54, 1.807) is 18.1 Å². The van der Waals surface area contributed by atoms with Gasteiger partial charge in [-0.05, 0) is 32.4 Å². The summed E-state index contributed by atoms with van der Waals surface area (Å²) in [6, 6.07) is 3.79. The highest BCUT2D eigenvalue weighted by Crippen LogP contribution is 2.15. The molecule has 0 spiro atoms. The van der Waals surface area contributed by atoms with Gasteiger partial charge in [-0.1, -0.05) is 17.4 Å². The van der Waals surface area contributed by atoms with Crippen LogP contribution in [0.3, 0.4) is 0 Å². The Hall–Kier alpha value is -2.02. The van der Waals surface area contributed by atoms with E-state index in [2.05, 4.69) is 20.5 Å². The van der Waals surface area contributed by atoms with Crippen LogP contribution in [0, 0.1) is 13.8 Å². The summed E-state index contributed by atoms with van der Waals surface area (Å²) < 4.78 is 0.